The standard InChI is InChI=1S/C14H23NOS/c1-11(9-12-7-8-17-10-12)15-13-5-3-2-4-6-14(13)16/h7-8,10-11,13-16H,2-6,9H2,1H3. The van der Waals surface area contributed by atoms with Crippen LogP contribution in [0.5, 0.6) is 0 Å². The summed E-state index contributed by atoms with van der Waals surface area (Å²) in [7, 11) is 0. The predicted molar refractivity (Wildman–Crippen MR) is 73.5 cm³/mol. The first-order valence-corrected chi connectivity index (χ1v) is 7.65. The van der Waals surface area contributed by atoms with Gasteiger partial charge in [-0.2, -0.15) is 11.3 Å². The summed E-state index contributed by atoms with van der Waals surface area (Å²) < 4.78 is 0. The maximum absolute atomic E-state index is 10.1. The molecule has 0 bridgehead atoms. The van der Waals surface area contributed by atoms with Gasteiger partial charge in [0.25, 0.3) is 0 Å². The van der Waals surface area contributed by atoms with Crippen molar-refractivity contribution >= 4 is 11.3 Å². The minimum atomic E-state index is -0.151. The van der Waals surface area contributed by atoms with Gasteiger partial charge >= 0.3 is 0 Å². The second-order valence-corrected chi connectivity index (χ2v) is 6.00. The fourth-order valence-electron chi connectivity index (χ4n) is 2.67. The van der Waals surface area contributed by atoms with Crippen LogP contribution in [0.1, 0.15) is 44.6 Å². The van der Waals surface area contributed by atoms with Crippen molar-refractivity contribution in [1.29, 1.82) is 0 Å². The molecule has 96 valence electrons. The molecule has 1 heterocycles. The van der Waals surface area contributed by atoms with Crippen molar-refractivity contribution in [2.24, 2.45) is 0 Å². The van der Waals surface area contributed by atoms with Gasteiger partial charge in [-0.3, -0.25) is 0 Å². The third-order valence-electron chi connectivity index (χ3n) is 3.60. The molecule has 1 aliphatic carbocycles. The van der Waals surface area contributed by atoms with E-state index in [9.17, 15) is 5.11 Å². The van der Waals surface area contributed by atoms with Crippen molar-refractivity contribution in [3.63, 3.8) is 0 Å². The molecule has 2 N–H and O–H groups in total. The second-order valence-electron chi connectivity index (χ2n) is 5.22. The van der Waals surface area contributed by atoms with Crippen LogP contribution in [0.25, 0.3) is 0 Å². The van der Waals surface area contributed by atoms with Crippen LogP contribution in [-0.4, -0.2) is 23.3 Å². The number of aliphatic hydroxyl groups excluding tert-OH is 1. The summed E-state index contributed by atoms with van der Waals surface area (Å²) in [5, 5.41) is 18.0. The molecule has 1 aromatic rings. The Balaban J connectivity index is 1.82. The quantitative estimate of drug-likeness (QED) is 0.809. The average molecular weight is 253 g/mol. The maximum Gasteiger partial charge on any atom is 0.0693 e. The number of hydrogen-bond acceptors (Lipinski definition) is 3. The minimum absolute atomic E-state index is 0.151. The average Bonchev–Trinajstić information content (AvgIpc) is 2.71. The molecular weight excluding hydrogens is 230 g/mol. The Labute approximate surface area is 108 Å². The topological polar surface area (TPSA) is 32.3 Å². The summed E-state index contributed by atoms with van der Waals surface area (Å²) >= 11 is 1.75. The van der Waals surface area contributed by atoms with Crippen LogP contribution >= 0.6 is 11.3 Å². The number of nitrogens with one attached hydrogen (secondary N) is 1. The Bertz CT molecular complexity index is 312. The number of hydrogen-bond donors (Lipinski definition) is 2. The molecule has 0 aromatic carbocycles. The summed E-state index contributed by atoms with van der Waals surface area (Å²) in [5.74, 6) is 0. The van der Waals surface area contributed by atoms with E-state index < -0.39 is 0 Å². The van der Waals surface area contributed by atoms with Gasteiger partial charge in [0, 0.05) is 12.1 Å². The van der Waals surface area contributed by atoms with Crippen molar-refractivity contribution in [3.8, 4) is 0 Å². The molecular formula is C14H23NOS. The highest BCUT2D eigenvalue weighted by molar-refractivity contribution is 7.07. The minimum Gasteiger partial charge on any atom is -0.392 e. The molecule has 2 rings (SSSR count). The molecule has 1 saturated carbocycles. The van der Waals surface area contributed by atoms with E-state index >= 15 is 0 Å². The lowest BCUT2D eigenvalue weighted by Crippen LogP contribution is -2.44. The highest BCUT2D eigenvalue weighted by Crippen LogP contribution is 2.19. The Morgan fingerprint density at radius 3 is 3.00 bits per heavy atom. The third kappa shape index (κ3) is 4.09. The molecule has 0 radical (unpaired) electrons. The lowest BCUT2D eigenvalue weighted by Gasteiger charge is -2.25. The lowest BCUT2D eigenvalue weighted by molar-refractivity contribution is 0.115. The summed E-state index contributed by atoms with van der Waals surface area (Å²) in [6.45, 7) is 2.22. The van der Waals surface area contributed by atoms with Crippen LogP contribution in [0.2, 0.25) is 0 Å². The molecule has 3 heteroatoms. The molecule has 17 heavy (non-hydrogen) atoms. The van der Waals surface area contributed by atoms with E-state index in [2.05, 4.69) is 29.1 Å². The maximum atomic E-state index is 10.1. The summed E-state index contributed by atoms with van der Waals surface area (Å²) in [6, 6.07) is 2.93. The van der Waals surface area contributed by atoms with E-state index in [4.69, 9.17) is 0 Å². The molecule has 1 aliphatic rings. The SMILES string of the molecule is CC(Cc1ccsc1)NC1CCCCCC1O. The van der Waals surface area contributed by atoms with E-state index in [0.29, 0.717) is 12.1 Å². The zero-order valence-electron chi connectivity index (χ0n) is 10.6. The Morgan fingerprint density at radius 2 is 2.24 bits per heavy atom. The van der Waals surface area contributed by atoms with Gasteiger partial charge in [-0.05, 0) is 48.6 Å². The fourth-order valence-corrected chi connectivity index (χ4v) is 3.35. The Morgan fingerprint density at radius 1 is 1.41 bits per heavy atom. The largest absolute Gasteiger partial charge is 0.392 e. The first kappa shape index (κ1) is 13.1. The van der Waals surface area contributed by atoms with Crippen LogP contribution in [0, 0.1) is 0 Å². The van der Waals surface area contributed by atoms with E-state index in [-0.39, 0.29) is 6.10 Å². The highest BCUT2D eigenvalue weighted by atomic mass is 32.1. The van der Waals surface area contributed by atoms with E-state index in [1.165, 1.54) is 24.8 Å². The van der Waals surface area contributed by atoms with Crippen molar-refractivity contribution in [3.05, 3.63) is 22.4 Å². The molecule has 3 atom stereocenters. The van der Waals surface area contributed by atoms with Gasteiger partial charge in [-0.15, -0.1) is 0 Å². The van der Waals surface area contributed by atoms with Gasteiger partial charge in [0.1, 0.15) is 0 Å². The molecule has 0 amide bonds. The molecule has 1 aromatic heterocycles. The van der Waals surface area contributed by atoms with Gasteiger partial charge in [0.2, 0.25) is 0 Å². The van der Waals surface area contributed by atoms with Crippen LogP contribution in [0.15, 0.2) is 16.8 Å². The van der Waals surface area contributed by atoms with Gasteiger partial charge < -0.3 is 10.4 Å². The third-order valence-corrected chi connectivity index (χ3v) is 4.33. The molecule has 0 spiro atoms. The van der Waals surface area contributed by atoms with E-state index in [1.807, 2.05) is 0 Å². The Kier molecular flexibility index (Phi) is 5.01. The van der Waals surface area contributed by atoms with Crippen molar-refractivity contribution in [1.82, 2.24) is 5.32 Å². The van der Waals surface area contributed by atoms with Crippen LogP contribution < -0.4 is 5.32 Å². The monoisotopic (exact) mass is 253 g/mol. The first-order chi connectivity index (χ1) is 8.25. The van der Waals surface area contributed by atoms with Gasteiger partial charge in [-0.1, -0.05) is 19.3 Å². The van der Waals surface area contributed by atoms with Crippen molar-refractivity contribution in [2.45, 2.75) is 63.6 Å². The van der Waals surface area contributed by atoms with Gasteiger partial charge in [-0.25, -0.2) is 0 Å². The number of aliphatic hydroxyl groups is 1. The molecule has 0 aliphatic heterocycles. The summed E-state index contributed by atoms with van der Waals surface area (Å²) in [6.07, 6.45) is 6.69. The lowest BCUT2D eigenvalue weighted by atomic mass is 10.0. The molecule has 2 nitrogen and oxygen atoms in total. The molecule has 0 saturated heterocycles. The zero-order chi connectivity index (χ0) is 12.1. The fraction of sp³-hybridized carbons (Fsp3) is 0.714. The Hall–Kier alpha value is -0.380. The summed E-state index contributed by atoms with van der Waals surface area (Å²) in [4.78, 5) is 0. The van der Waals surface area contributed by atoms with Gasteiger partial charge in [0.15, 0.2) is 0 Å². The number of rotatable bonds is 4. The number of thiophene rings is 1. The van der Waals surface area contributed by atoms with Crippen LogP contribution in [0.3, 0.4) is 0 Å². The van der Waals surface area contributed by atoms with E-state index in [1.54, 1.807) is 11.3 Å². The predicted octanol–water partition coefficient (Wildman–Crippen LogP) is 2.96. The van der Waals surface area contributed by atoms with Crippen LogP contribution in [0.4, 0.5) is 0 Å². The molecule has 3 unspecified atom stereocenters. The van der Waals surface area contributed by atoms with E-state index in [0.717, 1.165) is 19.3 Å². The normalized spacial score (nSPS) is 27.6. The first-order valence-electron chi connectivity index (χ1n) is 6.71. The van der Waals surface area contributed by atoms with Crippen molar-refractivity contribution in [2.75, 3.05) is 0 Å². The molecule has 1 fully saturated rings. The zero-order valence-corrected chi connectivity index (χ0v) is 11.4. The smallest absolute Gasteiger partial charge is 0.0693 e. The highest BCUT2D eigenvalue weighted by Gasteiger charge is 2.22. The van der Waals surface area contributed by atoms with Gasteiger partial charge in [0.05, 0.1) is 6.10 Å². The summed E-state index contributed by atoms with van der Waals surface area (Å²) in [5.41, 5.74) is 1.40. The van der Waals surface area contributed by atoms with Crippen molar-refractivity contribution < 1.29 is 5.11 Å². The van der Waals surface area contributed by atoms with Crippen LogP contribution in [-0.2, 0) is 6.42 Å². The second kappa shape index (κ2) is 6.53.